The van der Waals surface area contributed by atoms with E-state index in [0.29, 0.717) is 29.2 Å². The van der Waals surface area contributed by atoms with Crippen molar-refractivity contribution in [1.29, 1.82) is 0 Å². The van der Waals surface area contributed by atoms with Crippen LogP contribution in [0.15, 0.2) is 66.9 Å². The molecule has 3 rings (SSSR count). The second-order valence-corrected chi connectivity index (χ2v) is 6.26. The van der Waals surface area contributed by atoms with Gasteiger partial charge in [-0.15, -0.1) is 0 Å². The zero-order valence-corrected chi connectivity index (χ0v) is 15.7. The highest BCUT2D eigenvalue weighted by molar-refractivity contribution is 6.09. The minimum Gasteiger partial charge on any atom is -0.481 e. The average molecular weight is 375 g/mol. The summed E-state index contributed by atoms with van der Waals surface area (Å²) in [7, 11) is 1.54. The van der Waals surface area contributed by atoms with Gasteiger partial charge in [0.1, 0.15) is 0 Å². The largest absolute Gasteiger partial charge is 0.481 e. The van der Waals surface area contributed by atoms with Crippen LogP contribution in [0.1, 0.15) is 31.8 Å². The molecule has 0 fully saturated rings. The molecule has 0 spiro atoms. The summed E-state index contributed by atoms with van der Waals surface area (Å²) in [6, 6.07) is 17.8. The number of aryl methyl sites for hydroxylation is 1. The summed E-state index contributed by atoms with van der Waals surface area (Å²) in [4.78, 5) is 29.2. The molecule has 28 heavy (non-hydrogen) atoms. The van der Waals surface area contributed by atoms with Gasteiger partial charge in [-0.3, -0.25) is 9.59 Å². The van der Waals surface area contributed by atoms with Crippen LogP contribution in [-0.2, 0) is 6.54 Å². The van der Waals surface area contributed by atoms with E-state index in [2.05, 4.69) is 15.6 Å². The number of methoxy groups -OCH3 is 1. The first-order valence-electron chi connectivity index (χ1n) is 8.81. The maximum atomic E-state index is 12.7. The predicted molar refractivity (Wildman–Crippen MR) is 108 cm³/mol. The Morgan fingerprint density at radius 2 is 1.82 bits per heavy atom. The zero-order valence-electron chi connectivity index (χ0n) is 15.7. The molecule has 0 atom stereocenters. The molecule has 6 nitrogen and oxygen atoms in total. The number of hydrogen-bond donors (Lipinski definition) is 2. The summed E-state index contributed by atoms with van der Waals surface area (Å²) in [5, 5.41) is 5.68. The van der Waals surface area contributed by atoms with Crippen LogP contribution in [0.5, 0.6) is 5.88 Å². The standard InChI is InChI=1S/C22H21N3O3/c1-15-6-5-7-17(12-15)21(26)25-19-9-4-3-8-18(19)22(27)24-14-16-10-11-23-20(13-16)28-2/h3-13H,14H2,1-2H3,(H,24,27)(H,25,26). The molecule has 1 heterocycles. The van der Waals surface area contributed by atoms with Gasteiger partial charge >= 0.3 is 0 Å². The van der Waals surface area contributed by atoms with E-state index in [0.717, 1.165) is 11.1 Å². The molecule has 0 saturated carbocycles. The molecule has 0 unspecified atom stereocenters. The van der Waals surface area contributed by atoms with Gasteiger partial charge in [0.2, 0.25) is 5.88 Å². The van der Waals surface area contributed by atoms with Crippen LogP contribution in [0.3, 0.4) is 0 Å². The number of nitrogens with one attached hydrogen (secondary N) is 2. The normalized spacial score (nSPS) is 10.2. The Bertz CT molecular complexity index is 1000. The van der Waals surface area contributed by atoms with E-state index in [1.165, 1.54) is 7.11 Å². The molecule has 0 aliphatic heterocycles. The van der Waals surface area contributed by atoms with E-state index >= 15 is 0 Å². The van der Waals surface area contributed by atoms with Crippen molar-refractivity contribution in [1.82, 2.24) is 10.3 Å². The minimum absolute atomic E-state index is 0.261. The summed E-state index contributed by atoms with van der Waals surface area (Å²) < 4.78 is 5.09. The number of benzene rings is 2. The second kappa shape index (κ2) is 8.81. The number of anilines is 1. The SMILES string of the molecule is COc1cc(CNC(=O)c2ccccc2NC(=O)c2cccc(C)c2)ccn1. The number of rotatable bonds is 6. The van der Waals surface area contributed by atoms with Gasteiger partial charge < -0.3 is 15.4 Å². The van der Waals surface area contributed by atoms with E-state index in [1.807, 2.05) is 19.1 Å². The highest BCUT2D eigenvalue weighted by Crippen LogP contribution is 2.17. The number of amides is 2. The van der Waals surface area contributed by atoms with Crippen molar-refractivity contribution in [2.24, 2.45) is 0 Å². The van der Waals surface area contributed by atoms with Gasteiger partial charge in [0.05, 0.1) is 18.4 Å². The third-order valence-electron chi connectivity index (χ3n) is 4.16. The number of carbonyl (C=O) groups excluding carboxylic acids is 2. The molecule has 0 aliphatic rings. The van der Waals surface area contributed by atoms with Gasteiger partial charge in [-0.05, 0) is 42.8 Å². The van der Waals surface area contributed by atoms with Crippen molar-refractivity contribution >= 4 is 17.5 Å². The lowest BCUT2D eigenvalue weighted by atomic mass is 10.1. The fraction of sp³-hybridized carbons (Fsp3) is 0.136. The Balaban J connectivity index is 1.72. The topological polar surface area (TPSA) is 80.3 Å². The highest BCUT2D eigenvalue weighted by atomic mass is 16.5. The Kier molecular flexibility index (Phi) is 6.01. The Hall–Kier alpha value is -3.67. The molecule has 142 valence electrons. The number of nitrogens with zero attached hydrogens (tertiary/aromatic N) is 1. The molecule has 0 saturated heterocycles. The summed E-state index contributed by atoms with van der Waals surface area (Å²) in [5.74, 6) is -0.0590. The van der Waals surface area contributed by atoms with Crippen LogP contribution in [0.2, 0.25) is 0 Å². The van der Waals surface area contributed by atoms with E-state index in [-0.39, 0.29) is 11.8 Å². The molecule has 0 bridgehead atoms. The van der Waals surface area contributed by atoms with Crippen LogP contribution in [0.4, 0.5) is 5.69 Å². The first-order valence-corrected chi connectivity index (χ1v) is 8.81. The average Bonchev–Trinajstić information content (AvgIpc) is 2.72. The van der Waals surface area contributed by atoms with Crippen molar-refractivity contribution in [3.05, 3.63) is 89.1 Å². The lowest BCUT2D eigenvalue weighted by Crippen LogP contribution is -2.25. The lowest BCUT2D eigenvalue weighted by molar-refractivity contribution is 0.0951. The van der Waals surface area contributed by atoms with E-state index in [4.69, 9.17) is 4.74 Å². The van der Waals surface area contributed by atoms with Crippen LogP contribution in [0.25, 0.3) is 0 Å². The van der Waals surface area contributed by atoms with Crippen molar-refractivity contribution in [2.45, 2.75) is 13.5 Å². The molecular weight excluding hydrogens is 354 g/mol. The lowest BCUT2D eigenvalue weighted by Gasteiger charge is -2.12. The summed E-state index contributed by atoms with van der Waals surface area (Å²) in [6.07, 6.45) is 1.62. The fourth-order valence-electron chi connectivity index (χ4n) is 2.72. The van der Waals surface area contributed by atoms with Crippen LogP contribution >= 0.6 is 0 Å². The van der Waals surface area contributed by atoms with E-state index < -0.39 is 0 Å². The van der Waals surface area contributed by atoms with E-state index in [9.17, 15) is 9.59 Å². The van der Waals surface area contributed by atoms with Crippen LogP contribution in [-0.4, -0.2) is 23.9 Å². The number of carbonyl (C=O) groups is 2. The van der Waals surface area contributed by atoms with Crippen LogP contribution in [0, 0.1) is 6.92 Å². The molecular formula is C22H21N3O3. The number of aromatic nitrogens is 1. The van der Waals surface area contributed by atoms with Crippen molar-refractivity contribution < 1.29 is 14.3 Å². The monoisotopic (exact) mass is 375 g/mol. The third-order valence-corrected chi connectivity index (χ3v) is 4.16. The van der Waals surface area contributed by atoms with Gasteiger partial charge in [0.15, 0.2) is 0 Å². The van der Waals surface area contributed by atoms with Gasteiger partial charge in [-0.25, -0.2) is 4.98 Å². The first-order chi connectivity index (χ1) is 13.6. The summed E-state index contributed by atoms with van der Waals surface area (Å²) >= 11 is 0. The van der Waals surface area contributed by atoms with Crippen LogP contribution < -0.4 is 15.4 Å². The van der Waals surface area contributed by atoms with Crippen molar-refractivity contribution in [2.75, 3.05) is 12.4 Å². The van der Waals surface area contributed by atoms with Crippen molar-refractivity contribution in [3.63, 3.8) is 0 Å². The molecule has 1 aromatic heterocycles. The Morgan fingerprint density at radius 3 is 2.61 bits per heavy atom. The summed E-state index contributed by atoms with van der Waals surface area (Å²) in [5.41, 5.74) is 3.25. The smallest absolute Gasteiger partial charge is 0.255 e. The Morgan fingerprint density at radius 1 is 1.00 bits per heavy atom. The maximum absolute atomic E-state index is 12.7. The molecule has 0 aliphatic carbocycles. The molecule has 2 N–H and O–H groups in total. The fourth-order valence-corrected chi connectivity index (χ4v) is 2.72. The Labute approximate surface area is 163 Å². The second-order valence-electron chi connectivity index (χ2n) is 6.26. The minimum atomic E-state index is -0.282. The highest BCUT2D eigenvalue weighted by Gasteiger charge is 2.14. The number of hydrogen-bond acceptors (Lipinski definition) is 4. The van der Waals surface area contributed by atoms with Crippen molar-refractivity contribution in [3.8, 4) is 5.88 Å². The predicted octanol–water partition coefficient (Wildman–Crippen LogP) is 3.58. The molecule has 0 radical (unpaired) electrons. The summed E-state index contributed by atoms with van der Waals surface area (Å²) in [6.45, 7) is 2.24. The van der Waals surface area contributed by atoms with Gasteiger partial charge in [-0.2, -0.15) is 0 Å². The van der Waals surface area contributed by atoms with Gasteiger partial charge in [-0.1, -0.05) is 29.8 Å². The molecule has 2 amide bonds. The first kappa shape index (κ1) is 19.1. The van der Waals surface area contributed by atoms with E-state index in [1.54, 1.807) is 54.7 Å². The number of ether oxygens (including phenoxy) is 1. The number of pyridine rings is 1. The number of para-hydroxylation sites is 1. The molecule has 3 aromatic rings. The van der Waals surface area contributed by atoms with Gasteiger partial charge in [0, 0.05) is 24.4 Å². The quantitative estimate of drug-likeness (QED) is 0.690. The molecule has 6 heteroatoms. The zero-order chi connectivity index (χ0) is 19.9. The maximum Gasteiger partial charge on any atom is 0.255 e. The third kappa shape index (κ3) is 4.73. The molecule has 2 aromatic carbocycles. The van der Waals surface area contributed by atoms with Gasteiger partial charge in [0.25, 0.3) is 11.8 Å².